The Balaban J connectivity index is 1.96. The smallest absolute Gasteiger partial charge is 0.315 e. The Morgan fingerprint density at radius 2 is 2.33 bits per heavy atom. The Kier molecular flexibility index (Phi) is 5.99. The number of rotatable bonds is 7. The highest BCUT2D eigenvalue weighted by Crippen LogP contribution is 2.37. The van der Waals surface area contributed by atoms with Crippen molar-refractivity contribution in [3.05, 3.63) is 10.6 Å². The number of nitrogens with one attached hydrogen (secondary N) is 1. The second kappa shape index (κ2) is 7.75. The number of ether oxygens (including phenoxy) is 2. The molecule has 2 rings (SSSR count). The number of anilines is 1. The highest BCUT2D eigenvalue weighted by molar-refractivity contribution is 7.15. The van der Waals surface area contributed by atoms with Crippen molar-refractivity contribution in [3.8, 4) is 0 Å². The van der Waals surface area contributed by atoms with Crippen molar-refractivity contribution in [3.63, 3.8) is 0 Å². The number of aryl methyl sites for hydroxylation is 1. The minimum Gasteiger partial charge on any atom is -0.465 e. The topological polar surface area (TPSA) is 60.5 Å². The van der Waals surface area contributed by atoms with Crippen LogP contribution in [0.4, 0.5) is 5.13 Å². The first-order chi connectivity index (χ1) is 10.1. The molecule has 118 valence electrons. The first-order valence-corrected chi connectivity index (χ1v) is 8.45. The molecular weight excluding hydrogens is 288 g/mol. The van der Waals surface area contributed by atoms with Crippen molar-refractivity contribution in [2.75, 3.05) is 25.1 Å². The minimum absolute atomic E-state index is 0.140. The Bertz CT molecular complexity index is 473. The molecule has 1 aromatic heterocycles. The lowest BCUT2D eigenvalue weighted by atomic mass is 9.91. The summed E-state index contributed by atoms with van der Waals surface area (Å²) in [6.07, 6.45) is 3.11. The summed E-state index contributed by atoms with van der Waals surface area (Å²) >= 11 is 1.65. The number of thiazole rings is 1. The maximum atomic E-state index is 12.0. The van der Waals surface area contributed by atoms with E-state index in [9.17, 15) is 4.79 Å². The molecule has 0 saturated heterocycles. The second-order valence-corrected chi connectivity index (χ2v) is 6.45. The fourth-order valence-electron chi connectivity index (χ4n) is 2.42. The first kappa shape index (κ1) is 16.2. The fraction of sp³-hybridized carbons (Fsp3) is 0.733. The lowest BCUT2D eigenvalue weighted by Crippen LogP contribution is -2.20. The Morgan fingerprint density at radius 1 is 1.52 bits per heavy atom. The third-order valence-corrected chi connectivity index (χ3v) is 4.44. The van der Waals surface area contributed by atoms with Gasteiger partial charge in [-0.15, -0.1) is 11.3 Å². The van der Waals surface area contributed by atoms with Gasteiger partial charge in [0.2, 0.25) is 0 Å². The van der Waals surface area contributed by atoms with Crippen molar-refractivity contribution in [1.29, 1.82) is 0 Å². The molecule has 0 bridgehead atoms. The normalized spacial score (nSPS) is 17.6. The van der Waals surface area contributed by atoms with E-state index in [1.54, 1.807) is 11.3 Å². The molecule has 0 aliphatic heterocycles. The van der Waals surface area contributed by atoms with Crippen LogP contribution in [0.25, 0.3) is 0 Å². The van der Waals surface area contributed by atoms with E-state index in [2.05, 4.69) is 10.3 Å². The van der Waals surface area contributed by atoms with Crippen LogP contribution >= 0.6 is 11.3 Å². The lowest BCUT2D eigenvalue weighted by molar-refractivity contribution is -0.145. The predicted molar refractivity (Wildman–Crippen MR) is 84.0 cm³/mol. The van der Waals surface area contributed by atoms with E-state index in [0.717, 1.165) is 36.6 Å². The van der Waals surface area contributed by atoms with Gasteiger partial charge in [0.15, 0.2) is 5.13 Å². The van der Waals surface area contributed by atoms with Crippen LogP contribution in [-0.2, 0) is 20.7 Å². The van der Waals surface area contributed by atoms with E-state index < -0.39 is 0 Å². The Morgan fingerprint density at radius 3 is 3.05 bits per heavy atom. The van der Waals surface area contributed by atoms with Gasteiger partial charge in [-0.1, -0.05) is 0 Å². The zero-order valence-electron chi connectivity index (χ0n) is 13.0. The molecule has 6 heteroatoms. The molecule has 0 fully saturated rings. The molecule has 0 radical (unpaired) electrons. The number of nitrogens with zero attached hydrogens (tertiary/aromatic N) is 1. The van der Waals surface area contributed by atoms with Gasteiger partial charge in [-0.2, -0.15) is 0 Å². The van der Waals surface area contributed by atoms with Gasteiger partial charge in [0.05, 0.1) is 25.0 Å². The van der Waals surface area contributed by atoms with Crippen molar-refractivity contribution in [1.82, 2.24) is 4.98 Å². The highest BCUT2D eigenvalue weighted by Gasteiger charge is 2.31. The lowest BCUT2D eigenvalue weighted by Gasteiger charge is -2.19. The van der Waals surface area contributed by atoms with Crippen molar-refractivity contribution in [2.45, 2.75) is 52.1 Å². The average molecular weight is 312 g/mol. The van der Waals surface area contributed by atoms with Crippen LogP contribution in [0, 0.1) is 0 Å². The summed E-state index contributed by atoms with van der Waals surface area (Å²) in [6.45, 7) is 7.69. The van der Waals surface area contributed by atoms with E-state index in [-0.39, 0.29) is 18.0 Å². The first-order valence-electron chi connectivity index (χ1n) is 7.63. The van der Waals surface area contributed by atoms with Crippen LogP contribution < -0.4 is 5.32 Å². The van der Waals surface area contributed by atoms with Crippen molar-refractivity contribution in [2.24, 2.45) is 0 Å². The van der Waals surface area contributed by atoms with E-state index >= 15 is 0 Å². The van der Waals surface area contributed by atoms with Gasteiger partial charge in [-0.25, -0.2) is 4.98 Å². The van der Waals surface area contributed by atoms with Gasteiger partial charge < -0.3 is 14.8 Å². The zero-order chi connectivity index (χ0) is 15.2. The van der Waals surface area contributed by atoms with Crippen LogP contribution in [0.2, 0.25) is 0 Å². The van der Waals surface area contributed by atoms with Gasteiger partial charge >= 0.3 is 5.97 Å². The zero-order valence-corrected chi connectivity index (χ0v) is 13.8. The summed E-state index contributed by atoms with van der Waals surface area (Å²) in [6, 6.07) is 0. The van der Waals surface area contributed by atoms with Gasteiger partial charge in [0.1, 0.15) is 5.92 Å². The van der Waals surface area contributed by atoms with Crippen LogP contribution in [0.3, 0.4) is 0 Å². The van der Waals surface area contributed by atoms with Gasteiger partial charge in [0.25, 0.3) is 0 Å². The largest absolute Gasteiger partial charge is 0.465 e. The second-order valence-electron chi connectivity index (χ2n) is 5.37. The maximum absolute atomic E-state index is 12.0. The number of fused-ring (bicyclic) bond motifs is 1. The molecule has 5 nitrogen and oxygen atoms in total. The highest BCUT2D eigenvalue weighted by atomic mass is 32.1. The summed E-state index contributed by atoms with van der Waals surface area (Å²) in [5, 5.41) is 4.16. The predicted octanol–water partition coefficient (Wildman–Crippen LogP) is 2.96. The van der Waals surface area contributed by atoms with Gasteiger partial charge in [-0.3, -0.25) is 4.79 Å². The molecule has 0 saturated carbocycles. The number of esters is 1. The molecule has 1 unspecified atom stereocenters. The molecule has 0 spiro atoms. The molecule has 1 atom stereocenters. The van der Waals surface area contributed by atoms with Crippen LogP contribution in [0.5, 0.6) is 0 Å². The summed E-state index contributed by atoms with van der Waals surface area (Å²) in [4.78, 5) is 17.8. The Hall–Kier alpha value is -1.14. The van der Waals surface area contributed by atoms with E-state index in [1.807, 2.05) is 20.8 Å². The quantitative estimate of drug-likeness (QED) is 0.619. The third kappa shape index (κ3) is 4.41. The average Bonchev–Trinajstić information content (AvgIpc) is 2.86. The molecule has 21 heavy (non-hydrogen) atoms. The minimum atomic E-state index is -0.188. The molecular formula is C15H24N2O3S. The van der Waals surface area contributed by atoms with Crippen molar-refractivity contribution >= 4 is 22.4 Å². The molecule has 1 heterocycles. The number of carbonyl (C=O) groups is 1. The summed E-state index contributed by atoms with van der Waals surface area (Å²) in [7, 11) is 0. The van der Waals surface area contributed by atoms with Gasteiger partial charge in [0, 0.05) is 11.4 Å². The molecule has 1 aliphatic rings. The molecule has 0 aromatic carbocycles. The number of aromatic nitrogens is 1. The van der Waals surface area contributed by atoms with E-state index in [1.165, 1.54) is 4.88 Å². The van der Waals surface area contributed by atoms with E-state index in [0.29, 0.717) is 13.2 Å². The molecule has 1 aromatic rings. The van der Waals surface area contributed by atoms with Crippen LogP contribution in [0.15, 0.2) is 0 Å². The summed E-state index contributed by atoms with van der Waals surface area (Å²) in [5.74, 6) is -0.328. The molecule has 1 N–H and O–H groups in total. The summed E-state index contributed by atoms with van der Waals surface area (Å²) < 4.78 is 10.7. The number of hydrogen-bond donors (Lipinski definition) is 1. The summed E-state index contributed by atoms with van der Waals surface area (Å²) in [5.41, 5.74) is 0.914. The Labute approximate surface area is 130 Å². The third-order valence-electron chi connectivity index (χ3n) is 3.35. The molecule has 0 amide bonds. The fourth-order valence-corrected chi connectivity index (χ4v) is 3.51. The maximum Gasteiger partial charge on any atom is 0.315 e. The molecule has 1 aliphatic carbocycles. The van der Waals surface area contributed by atoms with Crippen LogP contribution in [-0.4, -0.2) is 36.8 Å². The number of carbonyl (C=O) groups excluding carboxylic acids is 1. The van der Waals surface area contributed by atoms with E-state index in [4.69, 9.17) is 9.47 Å². The number of hydrogen-bond acceptors (Lipinski definition) is 6. The monoisotopic (exact) mass is 312 g/mol. The van der Waals surface area contributed by atoms with Crippen LogP contribution in [0.1, 0.15) is 50.1 Å². The standard InChI is InChI=1S/C15H24N2O3S/c1-4-19-14(18)11-6-5-7-12-13(11)17-15(21-12)16-8-9-20-10(2)3/h10-11H,4-9H2,1-3H3,(H,16,17). The SMILES string of the molecule is CCOC(=O)C1CCCc2sc(NCCOC(C)C)nc21. The van der Waals surface area contributed by atoms with Crippen molar-refractivity contribution < 1.29 is 14.3 Å². The van der Waals surface area contributed by atoms with Gasteiger partial charge in [-0.05, 0) is 40.0 Å².